The van der Waals surface area contributed by atoms with Gasteiger partial charge in [0.15, 0.2) is 0 Å². The van der Waals surface area contributed by atoms with Crippen LogP contribution in [-0.2, 0) is 4.74 Å². The highest BCUT2D eigenvalue weighted by atomic mass is 16.5. The maximum absolute atomic E-state index is 8.42. The molecule has 0 aromatic heterocycles. The molecule has 3 nitrogen and oxygen atoms in total. The number of ether oxygens (including phenoxy) is 1. The molecule has 0 unspecified atom stereocenters. The number of allylic oxidation sites excluding steroid dienone is 3. The molecule has 0 aliphatic heterocycles. The average Bonchev–Trinajstić information content (AvgIpc) is 2.01. The van der Waals surface area contributed by atoms with E-state index in [0.29, 0.717) is 5.76 Å². The number of aliphatic hydroxyl groups is 1. The SMILES string of the molecule is C=C/C=C(\C=C/N)OCCO. The molecule has 11 heavy (non-hydrogen) atoms. The lowest BCUT2D eigenvalue weighted by Gasteiger charge is -2.02. The maximum Gasteiger partial charge on any atom is 0.120 e. The lowest BCUT2D eigenvalue weighted by atomic mass is 10.4. The zero-order valence-corrected chi connectivity index (χ0v) is 6.36. The number of aliphatic hydroxyl groups excluding tert-OH is 1. The second-order valence-corrected chi connectivity index (χ2v) is 1.74. The second kappa shape index (κ2) is 6.89. The van der Waals surface area contributed by atoms with E-state index in [9.17, 15) is 0 Å². The van der Waals surface area contributed by atoms with Gasteiger partial charge in [-0.05, 0) is 18.4 Å². The van der Waals surface area contributed by atoms with Gasteiger partial charge >= 0.3 is 0 Å². The first-order chi connectivity index (χ1) is 5.35. The first kappa shape index (κ1) is 9.78. The van der Waals surface area contributed by atoms with Gasteiger partial charge < -0.3 is 15.6 Å². The fourth-order valence-corrected chi connectivity index (χ4v) is 0.526. The molecule has 0 bridgehead atoms. The van der Waals surface area contributed by atoms with Crippen molar-refractivity contribution in [1.82, 2.24) is 0 Å². The van der Waals surface area contributed by atoms with Gasteiger partial charge in [-0.15, -0.1) is 0 Å². The van der Waals surface area contributed by atoms with Crippen LogP contribution in [0.25, 0.3) is 0 Å². The van der Waals surface area contributed by atoms with Crippen molar-refractivity contribution in [2.24, 2.45) is 5.73 Å². The minimum absolute atomic E-state index is 0.00705. The predicted molar refractivity (Wildman–Crippen MR) is 44.6 cm³/mol. The molecule has 62 valence electrons. The number of hydrogen-bond donors (Lipinski definition) is 2. The van der Waals surface area contributed by atoms with Crippen LogP contribution in [0.5, 0.6) is 0 Å². The van der Waals surface area contributed by atoms with Crippen molar-refractivity contribution in [3.05, 3.63) is 36.8 Å². The topological polar surface area (TPSA) is 55.5 Å². The Morgan fingerprint density at radius 3 is 2.82 bits per heavy atom. The Labute approximate surface area is 66.5 Å². The van der Waals surface area contributed by atoms with Crippen LogP contribution in [-0.4, -0.2) is 18.3 Å². The summed E-state index contributed by atoms with van der Waals surface area (Å²) in [6.07, 6.45) is 6.22. The highest BCUT2D eigenvalue weighted by Gasteiger charge is 1.88. The molecule has 0 radical (unpaired) electrons. The molecule has 0 aromatic carbocycles. The Kier molecular flexibility index (Phi) is 6.13. The van der Waals surface area contributed by atoms with E-state index in [0.717, 1.165) is 0 Å². The summed E-state index contributed by atoms with van der Waals surface area (Å²) in [5.41, 5.74) is 5.13. The molecule has 0 aliphatic carbocycles. The minimum Gasteiger partial charge on any atom is -0.491 e. The molecule has 0 rings (SSSR count). The van der Waals surface area contributed by atoms with E-state index in [4.69, 9.17) is 15.6 Å². The first-order valence-electron chi connectivity index (χ1n) is 3.29. The highest BCUT2D eigenvalue weighted by Crippen LogP contribution is 1.97. The quantitative estimate of drug-likeness (QED) is 0.450. The smallest absolute Gasteiger partial charge is 0.120 e. The Bertz CT molecular complexity index is 161. The largest absolute Gasteiger partial charge is 0.491 e. The van der Waals surface area contributed by atoms with Crippen LogP contribution in [0, 0.1) is 0 Å². The van der Waals surface area contributed by atoms with Gasteiger partial charge in [0.1, 0.15) is 12.4 Å². The number of rotatable bonds is 5. The van der Waals surface area contributed by atoms with Crippen molar-refractivity contribution in [3.63, 3.8) is 0 Å². The van der Waals surface area contributed by atoms with Crippen LogP contribution in [0.4, 0.5) is 0 Å². The van der Waals surface area contributed by atoms with E-state index in [2.05, 4.69) is 6.58 Å². The van der Waals surface area contributed by atoms with E-state index < -0.39 is 0 Å². The molecule has 3 N–H and O–H groups in total. The van der Waals surface area contributed by atoms with Crippen molar-refractivity contribution in [3.8, 4) is 0 Å². The lowest BCUT2D eigenvalue weighted by molar-refractivity contribution is 0.152. The standard InChI is InChI=1S/C8H13NO2/c1-2-3-8(4-5-9)11-7-6-10/h2-5,10H,1,6-7,9H2/b5-4-,8-3+. The van der Waals surface area contributed by atoms with Crippen LogP contribution < -0.4 is 5.73 Å². The van der Waals surface area contributed by atoms with Gasteiger partial charge in [-0.3, -0.25) is 0 Å². The van der Waals surface area contributed by atoms with E-state index in [1.807, 2.05) is 0 Å². The maximum atomic E-state index is 8.42. The van der Waals surface area contributed by atoms with Crippen LogP contribution in [0.15, 0.2) is 36.8 Å². The van der Waals surface area contributed by atoms with Gasteiger partial charge in [-0.2, -0.15) is 0 Å². The summed E-state index contributed by atoms with van der Waals surface area (Å²) >= 11 is 0. The van der Waals surface area contributed by atoms with E-state index >= 15 is 0 Å². The fourth-order valence-electron chi connectivity index (χ4n) is 0.526. The Balaban J connectivity index is 3.89. The summed E-state index contributed by atoms with van der Waals surface area (Å²) in [7, 11) is 0. The molecule has 0 aromatic rings. The van der Waals surface area contributed by atoms with E-state index in [1.54, 1.807) is 18.2 Å². The molecule has 0 fully saturated rings. The summed E-state index contributed by atoms with van der Waals surface area (Å²) in [6, 6.07) is 0. The van der Waals surface area contributed by atoms with Gasteiger partial charge in [-0.25, -0.2) is 0 Å². The van der Waals surface area contributed by atoms with Crippen LogP contribution in [0.3, 0.4) is 0 Å². The average molecular weight is 155 g/mol. The molecule has 0 saturated heterocycles. The highest BCUT2D eigenvalue weighted by molar-refractivity contribution is 5.16. The Morgan fingerprint density at radius 1 is 1.64 bits per heavy atom. The molecule has 3 heteroatoms. The third-order valence-electron chi connectivity index (χ3n) is 0.903. The molecular weight excluding hydrogens is 142 g/mol. The fraction of sp³-hybridized carbons (Fsp3) is 0.250. The molecule has 0 amide bonds. The Hall–Kier alpha value is -1.22. The van der Waals surface area contributed by atoms with Crippen molar-refractivity contribution in [1.29, 1.82) is 0 Å². The van der Waals surface area contributed by atoms with Gasteiger partial charge in [0, 0.05) is 0 Å². The summed E-state index contributed by atoms with van der Waals surface area (Å²) in [4.78, 5) is 0. The summed E-state index contributed by atoms with van der Waals surface area (Å²) < 4.78 is 5.05. The zero-order valence-electron chi connectivity index (χ0n) is 6.36. The van der Waals surface area contributed by atoms with Crippen LogP contribution >= 0.6 is 0 Å². The van der Waals surface area contributed by atoms with Gasteiger partial charge in [0.25, 0.3) is 0 Å². The molecule has 0 heterocycles. The van der Waals surface area contributed by atoms with Crippen molar-refractivity contribution >= 4 is 0 Å². The van der Waals surface area contributed by atoms with Gasteiger partial charge in [0.2, 0.25) is 0 Å². The van der Waals surface area contributed by atoms with Gasteiger partial charge in [-0.1, -0.05) is 12.7 Å². The second-order valence-electron chi connectivity index (χ2n) is 1.74. The molecule has 0 saturated carbocycles. The number of hydrogen-bond acceptors (Lipinski definition) is 3. The minimum atomic E-state index is -0.00705. The van der Waals surface area contributed by atoms with Gasteiger partial charge in [0.05, 0.1) is 6.61 Å². The van der Waals surface area contributed by atoms with E-state index in [1.165, 1.54) is 6.20 Å². The van der Waals surface area contributed by atoms with Crippen LogP contribution in [0.2, 0.25) is 0 Å². The lowest BCUT2D eigenvalue weighted by Crippen LogP contribution is -1.97. The third-order valence-corrected chi connectivity index (χ3v) is 0.903. The summed E-state index contributed by atoms with van der Waals surface area (Å²) in [6.45, 7) is 3.76. The van der Waals surface area contributed by atoms with Crippen molar-refractivity contribution in [2.75, 3.05) is 13.2 Å². The predicted octanol–water partition coefficient (Wildman–Crippen LogP) is 0.538. The van der Waals surface area contributed by atoms with Crippen molar-refractivity contribution in [2.45, 2.75) is 0 Å². The monoisotopic (exact) mass is 155 g/mol. The first-order valence-corrected chi connectivity index (χ1v) is 3.29. The summed E-state index contributed by atoms with van der Waals surface area (Å²) in [5.74, 6) is 0.594. The molecule has 0 spiro atoms. The molecule has 0 aliphatic rings. The number of nitrogens with two attached hydrogens (primary N) is 1. The Morgan fingerprint density at radius 2 is 2.36 bits per heavy atom. The molecular formula is C8H13NO2. The van der Waals surface area contributed by atoms with E-state index in [-0.39, 0.29) is 13.2 Å². The summed E-state index contributed by atoms with van der Waals surface area (Å²) in [5, 5.41) is 8.42. The third kappa shape index (κ3) is 5.24. The normalized spacial score (nSPS) is 11.9. The van der Waals surface area contributed by atoms with Crippen molar-refractivity contribution < 1.29 is 9.84 Å². The van der Waals surface area contributed by atoms with Crippen LogP contribution in [0.1, 0.15) is 0 Å². The zero-order chi connectivity index (χ0) is 8.53. The molecule has 0 atom stereocenters.